The second-order valence-electron chi connectivity index (χ2n) is 8.97. The summed E-state index contributed by atoms with van der Waals surface area (Å²) in [6, 6.07) is 39.3. The predicted molar refractivity (Wildman–Crippen MR) is 163 cm³/mol. The smallest absolute Gasteiger partial charge is 0.335 e. The summed E-state index contributed by atoms with van der Waals surface area (Å²) in [5.74, 6) is -3.99. The van der Waals surface area contributed by atoms with Crippen LogP contribution >= 0.6 is 0 Å². The normalized spacial score (nSPS) is 9.64. The number of ketones is 4. The molecular weight excluding hydrogens is 560 g/mol. The summed E-state index contributed by atoms with van der Waals surface area (Å²) >= 11 is 0. The van der Waals surface area contributed by atoms with Crippen LogP contribution < -0.4 is 0 Å². The van der Waals surface area contributed by atoms with Crippen molar-refractivity contribution >= 4 is 35.1 Å². The molecule has 0 aliphatic rings. The average molecular weight is 587 g/mol. The first-order chi connectivity index (χ1) is 21.2. The molecule has 0 heterocycles. The molecule has 5 rings (SSSR count). The Morgan fingerprint density at radius 1 is 0.273 bits per heavy atom. The van der Waals surface area contributed by atoms with E-state index in [4.69, 9.17) is 10.2 Å². The summed E-state index contributed by atoms with van der Waals surface area (Å²) in [6.07, 6.45) is 0. The van der Waals surface area contributed by atoms with Gasteiger partial charge in [0.2, 0.25) is 23.1 Å². The highest BCUT2D eigenvalue weighted by atomic mass is 16.4. The SMILES string of the molecule is O=C(C(=O)c1ccccc1)c1ccccc1.O=C(C(=O)c1ccccc1)c1ccccc1.O=C(O)c1ccc(C(=O)O)cc1. The molecule has 5 aromatic rings. The molecule has 0 amide bonds. The maximum absolute atomic E-state index is 11.8. The zero-order chi connectivity index (χ0) is 31.9. The molecular formula is C36H26O8. The molecule has 0 unspecified atom stereocenters. The van der Waals surface area contributed by atoms with Crippen LogP contribution in [0.25, 0.3) is 0 Å². The number of rotatable bonds is 8. The van der Waals surface area contributed by atoms with Gasteiger partial charge in [0.05, 0.1) is 11.1 Å². The molecule has 5 aromatic carbocycles. The van der Waals surface area contributed by atoms with Crippen molar-refractivity contribution in [1.29, 1.82) is 0 Å². The van der Waals surface area contributed by atoms with E-state index in [2.05, 4.69) is 0 Å². The Hall–Kier alpha value is -6.28. The van der Waals surface area contributed by atoms with E-state index in [0.29, 0.717) is 22.3 Å². The van der Waals surface area contributed by atoms with Gasteiger partial charge in [-0.1, -0.05) is 121 Å². The van der Waals surface area contributed by atoms with E-state index >= 15 is 0 Å². The number of carbonyl (C=O) groups excluding carboxylic acids is 4. The van der Waals surface area contributed by atoms with Gasteiger partial charge in [0.15, 0.2) is 0 Å². The first-order valence-corrected chi connectivity index (χ1v) is 13.1. The van der Waals surface area contributed by atoms with E-state index in [1.54, 1.807) is 97.1 Å². The number of benzene rings is 5. The number of hydrogen-bond acceptors (Lipinski definition) is 6. The van der Waals surface area contributed by atoms with Crippen LogP contribution in [0.2, 0.25) is 0 Å². The molecule has 0 bridgehead atoms. The molecule has 0 radical (unpaired) electrons. The van der Waals surface area contributed by atoms with Crippen LogP contribution in [-0.4, -0.2) is 45.3 Å². The summed E-state index contributed by atoms with van der Waals surface area (Å²) in [4.78, 5) is 67.9. The van der Waals surface area contributed by atoms with Crippen molar-refractivity contribution in [2.75, 3.05) is 0 Å². The van der Waals surface area contributed by atoms with Crippen molar-refractivity contribution in [2.45, 2.75) is 0 Å². The summed E-state index contributed by atoms with van der Waals surface area (Å²) in [5, 5.41) is 16.9. The van der Waals surface area contributed by atoms with Crippen LogP contribution in [0.4, 0.5) is 0 Å². The van der Waals surface area contributed by atoms with Gasteiger partial charge in [-0.05, 0) is 24.3 Å². The topological polar surface area (TPSA) is 143 Å². The zero-order valence-electron chi connectivity index (χ0n) is 23.2. The van der Waals surface area contributed by atoms with Crippen molar-refractivity contribution in [1.82, 2.24) is 0 Å². The maximum atomic E-state index is 11.8. The van der Waals surface area contributed by atoms with Gasteiger partial charge in [-0.3, -0.25) is 19.2 Å². The lowest BCUT2D eigenvalue weighted by Gasteiger charge is -1.99. The Morgan fingerprint density at radius 3 is 0.614 bits per heavy atom. The van der Waals surface area contributed by atoms with E-state index < -0.39 is 35.1 Å². The summed E-state index contributed by atoms with van der Waals surface area (Å²) in [5.41, 5.74) is 1.88. The fourth-order valence-corrected chi connectivity index (χ4v) is 3.64. The predicted octanol–water partition coefficient (Wildman–Crippen LogP) is 6.59. The van der Waals surface area contributed by atoms with Gasteiger partial charge < -0.3 is 10.2 Å². The minimum absolute atomic E-state index is 0.0833. The zero-order valence-corrected chi connectivity index (χ0v) is 23.2. The second kappa shape index (κ2) is 16.2. The maximum Gasteiger partial charge on any atom is 0.335 e. The lowest BCUT2D eigenvalue weighted by Crippen LogP contribution is -2.14. The standard InChI is InChI=1S/2C14H10O2.C8H6O4/c2*15-13(11-7-3-1-4-8-11)14(16)12-9-5-2-6-10-12;9-7(10)5-1-2-6(4-3-5)8(11)12/h2*1-10H;1-4H,(H,9,10)(H,11,12). The van der Waals surface area contributed by atoms with Crippen LogP contribution in [0.3, 0.4) is 0 Å². The molecule has 0 atom stereocenters. The van der Waals surface area contributed by atoms with Gasteiger partial charge in [-0.15, -0.1) is 0 Å². The van der Waals surface area contributed by atoms with Crippen molar-refractivity contribution in [3.63, 3.8) is 0 Å². The number of carboxylic acid groups (broad SMARTS) is 2. The molecule has 44 heavy (non-hydrogen) atoms. The van der Waals surface area contributed by atoms with Gasteiger partial charge >= 0.3 is 11.9 Å². The Bertz CT molecular complexity index is 1500. The second-order valence-corrected chi connectivity index (χ2v) is 8.97. The van der Waals surface area contributed by atoms with Crippen molar-refractivity contribution in [3.05, 3.63) is 179 Å². The van der Waals surface area contributed by atoms with E-state index in [1.807, 2.05) is 24.3 Å². The Balaban J connectivity index is 0.000000183. The Morgan fingerprint density at radius 2 is 0.455 bits per heavy atom. The van der Waals surface area contributed by atoms with Crippen LogP contribution in [0.1, 0.15) is 62.1 Å². The number of hydrogen-bond donors (Lipinski definition) is 2. The molecule has 0 fully saturated rings. The number of carbonyl (C=O) groups is 6. The number of Topliss-reactive ketones (excluding diaryl/α,β-unsaturated/α-hetero) is 4. The monoisotopic (exact) mass is 586 g/mol. The molecule has 8 heteroatoms. The van der Waals surface area contributed by atoms with Crippen LogP contribution in [0.5, 0.6) is 0 Å². The molecule has 0 aliphatic carbocycles. The lowest BCUT2D eigenvalue weighted by atomic mass is 10.0. The van der Waals surface area contributed by atoms with Gasteiger partial charge in [0, 0.05) is 22.3 Å². The number of carboxylic acids is 2. The largest absolute Gasteiger partial charge is 0.478 e. The Labute approximate surface area is 252 Å². The molecule has 0 saturated heterocycles. The highest BCUT2D eigenvalue weighted by molar-refractivity contribution is 6.49. The van der Waals surface area contributed by atoms with E-state index in [0.717, 1.165) is 0 Å². The molecule has 218 valence electrons. The third-order valence-corrected chi connectivity index (χ3v) is 5.94. The van der Waals surface area contributed by atoms with Gasteiger partial charge in [0.25, 0.3) is 0 Å². The Kier molecular flexibility index (Phi) is 11.9. The van der Waals surface area contributed by atoms with Crippen LogP contribution in [-0.2, 0) is 0 Å². The molecule has 0 aliphatic heterocycles. The third-order valence-electron chi connectivity index (χ3n) is 5.94. The highest BCUT2D eigenvalue weighted by Gasteiger charge is 2.18. The lowest BCUT2D eigenvalue weighted by molar-refractivity contribution is 0.0681. The summed E-state index contributed by atoms with van der Waals surface area (Å²) in [7, 11) is 0. The van der Waals surface area contributed by atoms with E-state index in [9.17, 15) is 28.8 Å². The minimum Gasteiger partial charge on any atom is -0.478 e. The average Bonchev–Trinajstić information content (AvgIpc) is 3.09. The molecule has 0 spiro atoms. The van der Waals surface area contributed by atoms with Gasteiger partial charge in [0.1, 0.15) is 0 Å². The quantitative estimate of drug-likeness (QED) is 0.153. The summed E-state index contributed by atoms with van der Waals surface area (Å²) < 4.78 is 0. The van der Waals surface area contributed by atoms with E-state index in [1.165, 1.54) is 24.3 Å². The van der Waals surface area contributed by atoms with E-state index in [-0.39, 0.29) is 11.1 Å². The molecule has 0 aromatic heterocycles. The van der Waals surface area contributed by atoms with Crippen LogP contribution in [0.15, 0.2) is 146 Å². The van der Waals surface area contributed by atoms with Gasteiger partial charge in [-0.25, -0.2) is 9.59 Å². The molecule has 0 saturated carbocycles. The third kappa shape index (κ3) is 9.39. The minimum atomic E-state index is -1.06. The van der Waals surface area contributed by atoms with Gasteiger partial charge in [-0.2, -0.15) is 0 Å². The molecule has 8 nitrogen and oxygen atoms in total. The fourth-order valence-electron chi connectivity index (χ4n) is 3.64. The first kappa shape index (κ1) is 32.2. The van der Waals surface area contributed by atoms with Crippen molar-refractivity contribution in [3.8, 4) is 0 Å². The first-order valence-electron chi connectivity index (χ1n) is 13.1. The van der Waals surface area contributed by atoms with Crippen molar-refractivity contribution < 1.29 is 39.0 Å². The van der Waals surface area contributed by atoms with Crippen molar-refractivity contribution in [2.24, 2.45) is 0 Å². The molecule has 2 N–H and O–H groups in total. The highest BCUT2D eigenvalue weighted by Crippen LogP contribution is 2.09. The summed E-state index contributed by atoms with van der Waals surface area (Å²) in [6.45, 7) is 0. The number of aromatic carboxylic acids is 2. The van der Waals surface area contributed by atoms with Crippen LogP contribution in [0, 0.1) is 0 Å². The fraction of sp³-hybridized carbons (Fsp3) is 0.